The molecule has 2 aromatic carbocycles. The summed E-state index contributed by atoms with van der Waals surface area (Å²) in [6.07, 6.45) is -1.12. The Kier molecular flexibility index (Phi) is 4.62. The molecule has 3 nitrogen and oxygen atoms in total. The Balaban J connectivity index is 2.45. The largest absolute Gasteiger partial charge is 0.497 e. The first-order valence-corrected chi connectivity index (χ1v) is 6.71. The van der Waals surface area contributed by atoms with Crippen molar-refractivity contribution >= 4 is 15.9 Å². The molecule has 0 heterocycles. The number of halogens is 2. The van der Waals surface area contributed by atoms with E-state index in [1.807, 2.05) is 0 Å². The molecule has 1 atom stereocenters. The van der Waals surface area contributed by atoms with Crippen LogP contribution in [0.3, 0.4) is 0 Å². The summed E-state index contributed by atoms with van der Waals surface area (Å²) in [5, 5.41) is 10.4. The number of aliphatic hydroxyl groups excluding tert-OH is 1. The third-order valence-electron chi connectivity index (χ3n) is 2.99. The highest BCUT2D eigenvalue weighted by molar-refractivity contribution is 9.10. The van der Waals surface area contributed by atoms with Crippen molar-refractivity contribution in [1.29, 1.82) is 0 Å². The Morgan fingerprint density at radius 2 is 1.80 bits per heavy atom. The maximum absolute atomic E-state index is 14.0. The van der Waals surface area contributed by atoms with Gasteiger partial charge in [0.05, 0.1) is 14.2 Å². The van der Waals surface area contributed by atoms with Crippen molar-refractivity contribution in [3.63, 3.8) is 0 Å². The first-order chi connectivity index (χ1) is 9.56. The minimum Gasteiger partial charge on any atom is -0.497 e. The van der Waals surface area contributed by atoms with Gasteiger partial charge in [-0.15, -0.1) is 0 Å². The number of hydrogen-bond acceptors (Lipinski definition) is 3. The average Bonchev–Trinajstić information content (AvgIpc) is 2.46. The van der Waals surface area contributed by atoms with Gasteiger partial charge in [-0.05, 0) is 30.3 Å². The molecule has 0 spiro atoms. The Bertz CT molecular complexity index is 616. The number of methoxy groups -OCH3 is 2. The van der Waals surface area contributed by atoms with Crippen LogP contribution < -0.4 is 9.47 Å². The molecular formula is C15H14BrFO3. The highest BCUT2D eigenvalue weighted by Crippen LogP contribution is 2.34. The van der Waals surface area contributed by atoms with Gasteiger partial charge in [-0.3, -0.25) is 0 Å². The van der Waals surface area contributed by atoms with Crippen molar-refractivity contribution in [1.82, 2.24) is 0 Å². The van der Waals surface area contributed by atoms with Crippen molar-refractivity contribution in [2.24, 2.45) is 0 Å². The van der Waals surface area contributed by atoms with Gasteiger partial charge in [0.15, 0.2) is 0 Å². The number of rotatable bonds is 4. The predicted molar refractivity (Wildman–Crippen MR) is 77.7 cm³/mol. The van der Waals surface area contributed by atoms with Gasteiger partial charge in [0.2, 0.25) is 0 Å². The van der Waals surface area contributed by atoms with Gasteiger partial charge in [-0.25, -0.2) is 4.39 Å². The van der Waals surface area contributed by atoms with Crippen molar-refractivity contribution in [3.05, 3.63) is 57.8 Å². The summed E-state index contributed by atoms with van der Waals surface area (Å²) < 4.78 is 24.9. The lowest BCUT2D eigenvalue weighted by atomic mass is 10.00. The van der Waals surface area contributed by atoms with Gasteiger partial charge in [-0.2, -0.15) is 0 Å². The SMILES string of the molecule is COc1ccc(C(O)c2cc(Br)ccc2OC)c(F)c1. The van der Waals surface area contributed by atoms with E-state index in [-0.39, 0.29) is 5.56 Å². The van der Waals surface area contributed by atoms with E-state index in [4.69, 9.17) is 9.47 Å². The van der Waals surface area contributed by atoms with Crippen LogP contribution in [0.4, 0.5) is 4.39 Å². The molecule has 2 rings (SSSR count). The quantitative estimate of drug-likeness (QED) is 0.922. The monoisotopic (exact) mass is 340 g/mol. The minimum atomic E-state index is -1.12. The number of benzene rings is 2. The van der Waals surface area contributed by atoms with Crippen LogP contribution >= 0.6 is 15.9 Å². The highest BCUT2D eigenvalue weighted by Gasteiger charge is 2.19. The third-order valence-corrected chi connectivity index (χ3v) is 3.48. The molecule has 106 valence electrons. The minimum absolute atomic E-state index is 0.169. The molecule has 0 bridgehead atoms. The van der Waals surface area contributed by atoms with E-state index in [1.54, 1.807) is 24.3 Å². The van der Waals surface area contributed by atoms with Crippen LogP contribution in [0.2, 0.25) is 0 Å². The predicted octanol–water partition coefficient (Wildman–Crippen LogP) is 3.69. The Hall–Kier alpha value is -1.59. The van der Waals surface area contributed by atoms with Gasteiger partial charge in [-0.1, -0.05) is 15.9 Å². The molecule has 0 fully saturated rings. The first-order valence-electron chi connectivity index (χ1n) is 5.91. The van der Waals surface area contributed by atoms with Crippen molar-refractivity contribution in [3.8, 4) is 11.5 Å². The molecule has 1 unspecified atom stereocenters. The zero-order valence-electron chi connectivity index (χ0n) is 11.1. The summed E-state index contributed by atoms with van der Waals surface area (Å²) in [5.41, 5.74) is 0.660. The van der Waals surface area contributed by atoms with Crippen LogP contribution in [-0.2, 0) is 0 Å². The van der Waals surface area contributed by atoms with Gasteiger partial charge < -0.3 is 14.6 Å². The number of ether oxygens (including phenoxy) is 2. The van der Waals surface area contributed by atoms with Crippen LogP contribution in [0.25, 0.3) is 0 Å². The molecular weight excluding hydrogens is 327 g/mol. The van der Waals surface area contributed by atoms with E-state index in [2.05, 4.69) is 15.9 Å². The summed E-state index contributed by atoms with van der Waals surface area (Å²) in [6, 6.07) is 9.55. The zero-order chi connectivity index (χ0) is 14.7. The molecule has 0 radical (unpaired) electrons. The maximum atomic E-state index is 14.0. The molecule has 0 aliphatic rings. The lowest BCUT2D eigenvalue weighted by molar-refractivity contribution is 0.209. The summed E-state index contributed by atoms with van der Waals surface area (Å²) >= 11 is 3.33. The molecule has 0 aliphatic carbocycles. The average molecular weight is 341 g/mol. The van der Waals surface area contributed by atoms with Crippen molar-refractivity contribution in [2.75, 3.05) is 14.2 Å². The van der Waals surface area contributed by atoms with E-state index in [1.165, 1.54) is 26.4 Å². The molecule has 2 aromatic rings. The van der Waals surface area contributed by atoms with Crippen molar-refractivity contribution in [2.45, 2.75) is 6.10 Å². The Labute approximate surface area is 125 Å². The van der Waals surface area contributed by atoms with Gasteiger partial charge >= 0.3 is 0 Å². The second-order valence-electron chi connectivity index (χ2n) is 4.18. The highest BCUT2D eigenvalue weighted by atomic mass is 79.9. The van der Waals surface area contributed by atoms with Gasteiger partial charge in [0.1, 0.15) is 23.4 Å². The van der Waals surface area contributed by atoms with Crippen LogP contribution in [0, 0.1) is 5.82 Å². The van der Waals surface area contributed by atoms with Crippen LogP contribution in [-0.4, -0.2) is 19.3 Å². The molecule has 0 aliphatic heterocycles. The first kappa shape index (κ1) is 14.8. The smallest absolute Gasteiger partial charge is 0.133 e. The summed E-state index contributed by atoms with van der Waals surface area (Å²) in [7, 11) is 2.96. The second kappa shape index (κ2) is 6.24. The Morgan fingerprint density at radius 3 is 2.40 bits per heavy atom. The van der Waals surface area contributed by atoms with E-state index in [0.717, 1.165) is 4.47 Å². The van der Waals surface area contributed by atoms with Crippen LogP contribution in [0.1, 0.15) is 17.2 Å². The molecule has 0 amide bonds. The lowest BCUT2D eigenvalue weighted by Crippen LogP contribution is -2.05. The van der Waals surface area contributed by atoms with Crippen LogP contribution in [0.15, 0.2) is 40.9 Å². The number of aliphatic hydroxyl groups is 1. The molecule has 20 heavy (non-hydrogen) atoms. The van der Waals surface area contributed by atoms with E-state index >= 15 is 0 Å². The normalized spacial score (nSPS) is 12.1. The standard InChI is InChI=1S/C15H14BrFO3/c1-19-10-4-5-11(13(17)8-10)15(18)12-7-9(16)3-6-14(12)20-2/h3-8,15,18H,1-2H3. The van der Waals surface area contributed by atoms with Crippen molar-refractivity contribution < 1.29 is 19.0 Å². The Morgan fingerprint density at radius 1 is 1.05 bits per heavy atom. The van der Waals surface area contributed by atoms with E-state index < -0.39 is 11.9 Å². The molecule has 0 saturated heterocycles. The van der Waals surface area contributed by atoms with E-state index in [0.29, 0.717) is 17.1 Å². The molecule has 0 saturated carbocycles. The summed E-state index contributed by atoms with van der Waals surface area (Å²) in [6.45, 7) is 0. The number of hydrogen-bond donors (Lipinski definition) is 1. The fourth-order valence-corrected chi connectivity index (χ4v) is 2.32. The summed E-state index contributed by atoms with van der Waals surface area (Å²) in [4.78, 5) is 0. The van der Waals surface area contributed by atoms with E-state index in [9.17, 15) is 9.50 Å². The molecule has 0 aromatic heterocycles. The third kappa shape index (κ3) is 2.94. The maximum Gasteiger partial charge on any atom is 0.133 e. The summed E-state index contributed by atoms with van der Waals surface area (Å²) in [5.74, 6) is 0.370. The molecule has 1 N–H and O–H groups in total. The van der Waals surface area contributed by atoms with Crippen LogP contribution in [0.5, 0.6) is 11.5 Å². The second-order valence-corrected chi connectivity index (χ2v) is 5.09. The van der Waals surface area contributed by atoms with Gasteiger partial charge in [0.25, 0.3) is 0 Å². The zero-order valence-corrected chi connectivity index (χ0v) is 12.6. The molecule has 5 heteroatoms. The fourth-order valence-electron chi connectivity index (χ4n) is 1.94. The lowest BCUT2D eigenvalue weighted by Gasteiger charge is -2.16. The topological polar surface area (TPSA) is 38.7 Å². The fraction of sp³-hybridized carbons (Fsp3) is 0.200. The van der Waals surface area contributed by atoms with Gasteiger partial charge in [0, 0.05) is 21.7 Å².